The van der Waals surface area contributed by atoms with E-state index in [-0.39, 0.29) is 18.3 Å². The monoisotopic (exact) mass is 478 g/mol. The number of Topliss-reactive ketones (excluding diaryl/α,β-unsaturated/α-hetero) is 1. The van der Waals surface area contributed by atoms with Crippen LogP contribution in [0.3, 0.4) is 0 Å². The van der Waals surface area contributed by atoms with E-state index >= 15 is 0 Å². The third-order valence-corrected chi connectivity index (χ3v) is 6.35. The molecule has 0 spiro atoms. The molecule has 9 heteroatoms. The summed E-state index contributed by atoms with van der Waals surface area (Å²) in [5.41, 5.74) is 4.99. The second-order valence-electron chi connectivity index (χ2n) is 8.14. The molecule has 2 aromatic carbocycles. The summed E-state index contributed by atoms with van der Waals surface area (Å²) in [6.07, 6.45) is 0.904. The summed E-state index contributed by atoms with van der Waals surface area (Å²) in [6, 6.07) is 13.2. The Bertz CT molecular complexity index is 1400. The molecular weight excluding hydrogens is 456 g/mol. The van der Waals surface area contributed by atoms with Crippen molar-refractivity contribution in [2.24, 2.45) is 0 Å². The quantitative estimate of drug-likeness (QED) is 0.402. The molecule has 0 unspecified atom stereocenters. The maximum Gasteiger partial charge on any atom is 0.185 e. The Morgan fingerprint density at radius 3 is 2.59 bits per heavy atom. The van der Waals surface area contributed by atoms with Gasteiger partial charge in [0.05, 0.1) is 37.8 Å². The lowest BCUT2D eigenvalue weighted by atomic mass is 9.83. The molecule has 4 aromatic rings. The minimum atomic E-state index is -0.0662. The second kappa shape index (κ2) is 9.04. The molecule has 34 heavy (non-hydrogen) atoms. The number of fused-ring (bicyclic) bond motifs is 3. The van der Waals surface area contributed by atoms with Gasteiger partial charge in [0, 0.05) is 18.6 Å². The zero-order valence-electron chi connectivity index (χ0n) is 19.0. The van der Waals surface area contributed by atoms with Gasteiger partial charge in [-0.2, -0.15) is 5.10 Å². The maximum atomic E-state index is 13.1. The van der Waals surface area contributed by atoms with E-state index in [1.54, 1.807) is 25.8 Å². The van der Waals surface area contributed by atoms with Crippen LogP contribution < -0.4 is 9.47 Å². The molecule has 5 rings (SSSR count). The average Bonchev–Trinajstić information content (AvgIpc) is 3.22. The van der Waals surface area contributed by atoms with Crippen molar-refractivity contribution in [2.75, 3.05) is 21.3 Å². The van der Waals surface area contributed by atoms with Gasteiger partial charge in [-0.15, -0.1) is 10.2 Å². The van der Waals surface area contributed by atoms with Crippen LogP contribution in [-0.4, -0.2) is 46.9 Å². The number of ketones is 1. The fourth-order valence-electron chi connectivity index (χ4n) is 4.53. The van der Waals surface area contributed by atoms with Gasteiger partial charge >= 0.3 is 0 Å². The van der Waals surface area contributed by atoms with Crippen LogP contribution in [0, 0.1) is 0 Å². The third kappa shape index (κ3) is 3.78. The predicted molar refractivity (Wildman–Crippen MR) is 127 cm³/mol. The number of ether oxygens (including phenoxy) is 3. The number of halogens is 1. The van der Waals surface area contributed by atoms with Crippen LogP contribution in [0.1, 0.15) is 39.8 Å². The van der Waals surface area contributed by atoms with E-state index in [0.29, 0.717) is 46.4 Å². The van der Waals surface area contributed by atoms with Gasteiger partial charge in [-0.3, -0.25) is 4.79 Å². The van der Waals surface area contributed by atoms with Crippen LogP contribution >= 0.6 is 11.6 Å². The number of rotatable bonds is 6. The summed E-state index contributed by atoms with van der Waals surface area (Å²) in [5.74, 6) is 1.14. The van der Waals surface area contributed by atoms with Crippen LogP contribution in [0.4, 0.5) is 0 Å². The molecule has 2 heterocycles. The summed E-state index contributed by atoms with van der Waals surface area (Å²) in [7, 11) is 4.81. The van der Waals surface area contributed by atoms with E-state index in [9.17, 15) is 4.79 Å². The second-order valence-corrected chi connectivity index (χ2v) is 8.57. The smallest absolute Gasteiger partial charge is 0.185 e. The number of carbonyl (C=O) groups excluding carboxylic acids is 1. The highest BCUT2D eigenvalue weighted by molar-refractivity contribution is 6.30. The summed E-state index contributed by atoms with van der Waals surface area (Å²) in [6.45, 7) is 0.285. The van der Waals surface area contributed by atoms with Crippen molar-refractivity contribution in [1.29, 1.82) is 0 Å². The summed E-state index contributed by atoms with van der Waals surface area (Å²) < 4.78 is 18.0. The molecule has 8 nitrogen and oxygen atoms in total. The Morgan fingerprint density at radius 2 is 1.85 bits per heavy atom. The molecule has 0 saturated carbocycles. The van der Waals surface area contributed by atoms with Crippen LogP contribution in [-0.2, 0) is 17.8 Å². The first kappa shape index (κ1) is 22.3. The van der Waals surface area contributed by atoms with Gasteiger partial charge in [0.1, 0.15) is 0 Å². The zero-order chi connectivity index (χ0) is 23.8. The molecular formula is C25H23ClN4O4. The Kier molecular flexibility index (Phi) is 5.93. The third-order valence-electron chi connectivity index (χ3n) is 6.12. The molecule has 0 N–H and O–H groups in total. The molecule has 0 radical (unpaired) electrons. The van der Waals surface area contributed by atoms with Gasteiger partial charge in [-0.25, -0.2) is 4.52 Å². The predicted octanol–water partition coefficient (Wildman–Crippen LogP) is 4.52. The van der Waals surface area contributed by atoms with Crippen molar-refractivity contribution >= 4 is 23.0 Å². The van der Waals surface area contributed by atoms with Gasteiger partial charge in [-0.1, -0.05) is 29.8 Å². The molecule has 0 bridgehead atoms. The van der Waals surface area contributed by atoms with Crippen LogP contribution in [0.2, 0.25) is 5.02 Å². The van der Waals surface area contributed by atoms with Crippen LogP contribution in [0.25, 0.3) is 16.8 Å². The highest BCUT2D eigenvalue weighted by atomic mass is 35.5. The maximum absolute atomic E-state index is 13.1. The molecule has 0 amide bonds. The first-order valence-corrected chi connectivity index (χ1v) is 11.2. The zero-order valence-corrected chi connectivity index (χ0v) is 19.8. The topological polar surface area (TPSA) is 87.8 Å². The normalized spacial score (nSPS) is 15.4. The fraction of sp³-hybridized carbons (Fsp3) is 0.280. The number of hydrogen-bond acceptors (Lipinski definition) is 7. The first-order chi connectivity index (χ1) is 16.5. The van der Waals surface area contributed by atoms with Gasteiger partial charge in [0.2, 0.25) is 0 Å². The minimum Gasteiger partial charge on any atom is -0.493 e. The van der Waals surface area contributed by atoms with E-state index < -0.39 is 0 Å². The molecule has 1 atom stereocenters. The molecule has 0 aliphatic heterocycles. The number of aromatic nitrogens is 4. The lowest BCUT2D eigenvalue weighted by Gasteiger charge is -2.24. The Hall–Kier alpha value is -3.49. The van der Waals surface area contributed by atoms with Crippen molar-refractivity contribution in [3.8, 4) is 22.6 Å². The molecule has 2 aromatic heterocycles. The SMILES string of the molecule is COCc1nn2c3c(nnc2c1-c1cccc(Cl)c1)C(=O)C[C@@H](c1ccc(OC)c(OC)c1)C3. The highest BCUT2D eigenvalue weighted by Crippen LogP contribution is 2.38. The van der Waals surface area contributed by atoms with Crippen molar-refractivity contribution in [1.82, 2.24) is 19.8 Å². The number of nitrogens with zero attached hydrogens (tertiary/aromatic N) is 4. The minimum absolute atomic E-state index is 0.0584. The standard InChI is InChI=1S/C25H23ClN4O4/c1-32-13-18-23(15-5-4-6-17(26)9-15)25-28-27-24-19(30(25)29-18)10-16(11-20(24)31)14-7-8-21(33-2)22(12-14)34-3/h4-9,12,16H,10-11,13H2,1-3H3/t16-/m0/s1. The molecule has 0 saturated heterocycles. The van der Waals surface area contributed by atoms with E-state index in [4.69, 9.17) is 30.9 Å². The van der Waals surface area contributed by atoms with Crippen LogP contribution in [0.5, 0.6) is 11.5 Å². The van der Waals surface area contributed by atoms with E-state index in [2.05, 4.69) is 10.2 Å². The van der Waals surface area contributed by atoms with Gasteiger partial charge in [0.15, 0.2) is 28.6 Å². The lowest BCUT2D eigenvalue weighted by molar-refractivity contribution is 0.0955. The van der Waals surface area contributed by atoms with Crippen LogP contribution in [0.15, 0.2) is 42.5 Å². The fourth-order valence-corrected chi connectivity index (χ4v) is 4.73. The van der Waals surface area contributed by atoms with Gasteiger partial charge < -0.3 is 14.2 Å². The largest absolute Gasteiger partial charge is 0.493 e. The van der Waals surface area contributed by atoms with E-state index in [1.807, 2.05) is 42.5 Å². The number of benzene rings is 2. The van der Waals surface area contributed by atoms with Crippen molar-refractivity contribution in [3.63, 3.8) is 0 Å². The lowest BCUT2D eigenvalue weighted by Crippen LogP contribution is -2.24. The van der Waals surface area contributed by atoms with E-state index in [0.717, 1.165) is 22.4 Å². The molecule has 1 aliphatic carbocycles. The summed E-state index contributed by atoms with van der Waals surface area (Å²) in [4.78, 5) is 13.1. The molecule has 174 valence electrons. The van der Waals surface area contributed by atoms with Gasteiger partial charge in [-0.05, 0) is 47.7 Å². The number of hydrogen-bond donors (Lipinski definition) is 0. The van der Waals surface area contributed by atoms with Crippen molar-refractivity contribution in [3.05, 3.63) is 70.1 Å². The Labute approximate surface area is 201 Å². The number of carbonyl (C=O) groups is 1. The Balaban J connectivity index is 1.64. The Morgan fingerprint density at radius 1 is 1.03 bits per heavy atom. The highest BCUT2D eigenvalue weighted by Gasteiger charge is 2.32. The summed E-state index contributed by atoms with van der Waals surface area (Å²) in [5, 5.41) is 14.1. The van der Waals surface area contributed by atoms with E-state index in [1.165, 1.54) is 0 Å². The number of methoxy groups -OCH3 is 3. The van der Waals surface area contributed by atoms with Crippen molar-refractivity contribution < 1.29 is 19.0 Å². The molecule has 0 fully saturated rings. The van der Waals surface area contributed by atoms with Crippen molar-refractivity contribution in [2.45, 2.75) is 25.4 Å². The first-order valence-electron chi connectivity index (χ1n) is 10.8. The average molecular weight is 479 g/mol. The van der Waals surface area contributed by atoms with Gasteiger partial charge in [0.25, 0.3) is 0 Å². The summed E-state index contributed by atoms with van der Waals surface area (Å²) >= 11 is 6.25. The molecule has 1 aliphatic rings.